The molecule has 7 atom stereocenters. The van der Waals surface area contributed by atoms with E-state index in [0.717, 1.165) is 0 Å². The van der Waals surface area contributed by atoms with E-state index in [0.29, 0.717) is 12.8 Å². The van der Waals surface area contributed by atoms with E-state index in [1.54, 1.807) is 13.8 Å². The first-order chi connectivity index (χ1) is 9.10. The minimum Gasteiger partial charge on any atom is -0.461 e. The van der Waals surface area contributed by atoms with Crippen molar-refractivity contribution in [3.05, 3.63) is 12.2 Å². The van der Waals surface area contributed by atoms with Gasteiger partial charge in [-0.15, -0.1) is 0 Å². The molecule has 0 aromatic rings. The van der Waals surface area contributed by atoms with Gasteiger partial charge >= 0.3 is 5.97 Å². The molecule has 2 aliphatic carbocycles. The van der Waals surface area contributed by atoms with Gasteiger partial charge in [0.25, 0.3) is 0 Å². The van der Waals surface area contributed by atoms with Crippen LogP contribution in [0.3, 0.4) is 0 Å². The summed E-state index contributed by atoms with van der Waals surface area (Å²) >= 11 is 0. The fourth-order valence-electron chi connectivity index (χ4n) is 4.21. The van der Waals surface area contributed by atoms with Crippen molar-refractivity contribution in [1.82, 2.24) is 0 Å². The van der Waals surface area contributed by atoms with Crippen molar-refractivity contribution < 1.29 is 24.9 Å². The molecular weight excluding hydrogens is 260 g/mol. The number of carbonyl (C=O) groups excluding carboxylic acids is 1. The van der Waals surface area contributed by atoms with E-state index in [2.05, 4.69) is 0 Å². The second-order valence-electron chi connectivity index (χ2n) is 7.03. The van der Waals surface area contributed by atoms with Gasteiger partial charge in [0.2, 0.25) is 0 Å². The summed E-state index contributed by atoms with van der Waals surface area (Å²) < 4.78 is 5.46. The standard InChI is InChI=1S/C15H22O5/c1-8-9-4-5-14(3,18)15(19)7-6-13(2,17)11(15)10(9)20-12(8)16/h6-11,17-19H,4-5H2,1-3H3. The summed E-state index contributed by atoms with van der Waals surface area (Å²) in [4.78, 5) is 11.8. The molecule has 112 valence electrons. The molecule has 0 aromatic carbocycles. The second-order valence-corrected chi connectivity index (χ2v) is 7.03. The van der Waals surface area contributed by atoms with Gasteiger partial charge in [-0.2, -0.15) is 0 Å². The topological polar surface area (TPSA) is 87.0 Å². The Morgan fingerprint density at radius 2 is 1.90 bits per heavy atom. The van der Waals surface area contributed by atoms with Gasteiger partial charge in [0.15, 0.2) is 0 Å². The van der Waals surface area contributed by atoms with Crippen molar-refractivity contribution >= 4 is 5.97 Å². The fraction of sp³-hybridized carbons (Fsp3) is 0.800. The lowest BCUT2D eigenvalue weighted by molar-refractivity contribution is -0.189. The molecule has 0 spiro atoms. The highest BCUT2D eigenvalue weighted by Crippen LogP contribution is 2.55. The minimum atomic E-state index is -1.58. The average molecular weight is 282 g/mol. The highest BCUT2D eigenvalue weighted by Gasteiger charge is 2.66. The molecule has 0 radical (unpaired) electrons. The van der Waals surface area contributed by atoms with Crippen LogP contribution >= 0.6 is 0 Å². The van der Waals surface area contributed by atoms with Crippen LogP contribution in [-0.2, 0) is 9.53 Å². The van der Waals surface area contributed by atoms with Crippen LogP contribution in [0.2, 0.25) is 0 Å². The molecule has 3 rings (SSSR count). The third-order valence-corrected chi connectivity index (χ3v) is 5.62. The Balaban J connectivity index is 2.11. The Hall–Kier alpha value is -0.910. The summed E-state index contributed by atoms with van der Waals surface area (Å²) in [6.45, 7) is 4.98. The Morgan fingerprint density at radius 1 is 1.25 bits per heavy atom. The summed E-state index contributed by atoms with van der Waals surface area (Å²) in [5.74, 6) is -1.38. The number of hydrogen-bond acceptors (Lipinski definition) is 5. The number of carbonyl (C=O) groups is 1. The summed E-state index contributed by atoms with van der Waals surface area (Å²) in [6.07, 6.45) is 3.36. The molecule has 0 aromatic heterocycles. The minimum absolute atomic E-state index is 0.0839. The molecule has 1 saturated carbocycles. The Kier molecular flexibility index (Phi) is 2.70. The maximum Gasteiger partial charge on any atom is 0.309 e. The van der Waals surface area contributed by atoms with Crippen LogP contribution in [0.15, 0.2) is 12.2 Å². The first-order valence-corrected chi connectivity index (χ1v) is 7.18. The molecule has 7 unspecified atom stereocenters. The first-order valence-electron chi connectivity index (χ1n) is 7.18. The monoisotopic (exact) mass is 282 g/mol. The van der Waals surface area contributed by atoms with Gasteiger partial charge < -0.3 is 20.1 Å². The van der Waals surface area contributed by atoms with Crippen LogP contribution in [0, 0.1) is 17.8 Å². The van der Waals surface area contributed by atoms with E-state index in [1.807, 2.05) is 6.92 Å². The zero-order valence-corrected chi connectivity index (χ0v) is 12.0. The van der Waals surface area contributed by atoms with E-state index in [1.165, 1.54) is 12.2 Å². The first kappa shape index (κ1) is 14.0. The summed E-state index contributed by atoms with van der Waals surface area (Å²) in [5.41, 5.74) is -4.25. The van der Waals surface area contributed by atoms with Crippen molar-refractivity contribution in [2.75, 3.05) is 0 Å². The molecule has 0 bridgehead atoms. The lowest BCUT2D eigenvalue weighted by atomic mass is 9.70. The van der Waals surface area contributed by atoms with Crippen molar-refractivity contribution in [3.63, 3.8) is 0 Å². The van der Waals surface area contributed by atoms with E-state index < -0.39 is 28.8 Å². The quantitative estimate of drug-likeness (QED) is 0.441. The molecule has 0 amide bonds. The number of ether oxygens (including phenoxy) is 1. The zero-order chi connectivity index (χ0) is 14.9. The highest BCUT2D eigenvalue weighted by atomic mass is 16.6. The summed E-state index contributed by atoms with van der Waals surface area (Å²) in [6, 6.07) is 0. The molecule has 2 fully saturated rings. The van der Waals surface area contributed by atoms with Gasteiger partial charge in [0.05, 0.1) is 23.0 Å². The molecule has 5 heteroatoms. The van der Waals surface area contributed by atoms with Gasteiger partial charge in [-0.05, 0) is 26.7 Å². The fourth-order valence-corrected chi connectivity index (χ4v) is 4.21. The van der Waals surface area contributed by atoms with Crippen molar-refractivity contribution in [2.45, 2.75) is 56.5 Å². The SMILES string of the molecule is CC1C(=O)OC2C1CCC(C)(O)C1(O)C=CC(C)(O)C21. The molecule has 20 heavy (non-hydrogen) atoms. The van der Waals surface area contributed by atoms with Crippen LogP contribution < -0.4 is 0 Å². The Morgan fingerprint density at radius 3 is 2.55 bits per heavy atom. The van der Waals surface area contributed by atoms with Crippen molar-refractivity contribution in [1.29, 1.82) is 0 Å². The van der Waals surface area contributed by atoms with E-state index in [9.17, 15) is 20.1 Å². The highest BCUT2D eigenvalue weighted by molar-refractivity contribution is 5.75. The molecular formula is C15H22O5. The van der Waals surface area contributed by atoms with Gasteiger partial charge in [0.1, 0.15) is 11.7 Å². The third-order valence-electron chi connectivity index (χ3n) is 5.62. The van der Waals surface area contributed by atoms with Crippen molar-refractivity contribution in [2.24, 2.45) is 17.8 Å². The van der Waals surface area contributed by atoms with E-state index in [-0.39, 0.29) is 17.8 Å². The smallest absolute Gasteiger partial charge is 0.309 e. The van der Waals surface area contributed by atoms with Crippen LogP contribution in [0.25, 0.3) is 0 Å². The molecule has 1 saturated heterocycles. The second kappa shape index (κ2) is 3.84. The number of fused-ring (bicyclic) bond motifs is 3. The predicted molar refractivity (Wildman–Crippen MR) is 70.6 cm³/mol. The maximum atomic E-state index is 11.8. The molecule has 1 aliphatic heterocycles. The number of esters is 1. The van der Waals surface area contributed by atoms with Gasteiger partial charge in [0, 0.05) is 5.92 Å². The lowest BCUT2D eigenvalue weighted by Crippen LogP contribution is -2.60. The maximum absolute atomic E-state index is 11.8. The van der Waals surface area contributed by atoms with Crippen LogP contribution in [0.5, 0.6) is 0 Å². The lowest BCUT2D eigenvalue weighted by Gasteiger charge is -2.44. The summed E-state index contributed by atoms with van der Waals surface area (Å²) in [5, 5.41) is 32.2. The van der Waals surface area contributed by atoms with Gasteiger partial charge in [-0.25, -0.2) is 0 Å². The number of hydrogen-bond donors (Lipinski definition) is 3. The van der Waals surface area contributed by atoms with Gasteiger partial charge in [-0.1, -0.05) is 19.1 Å². The summed E-state index contributed by atoms with van der Waals surface area (Å²) in [7, 11) is 0. The normalized spacial score (nSPS) is 58.0. The molecule has 1 heterocycles. The largest absolute Gasteiger partial charge is 0.461 e. The van der Waals surface area contributed by atoms with Gasteiger partial charge in [-0.3, -0.25) is 4.79 Å². The molecule has 3 aliphatic rings. The van der Waals surface area contributed by atoms with Crippen LogP contribution in [-0.4, -0.2) is 44.2 Å². The average Bonchev–Trinajstić information content (AvgIpc) is 2.70. The van der Waals surface area contributed by atoms with Crippen molar-refractivity contribution in [3.8, 4) is 0 Å². The van der Waals surface area contributed by atoms with E-state index in [4.69, 9.17) is 4.74 Å². The van der Waals surface area contributed by atoms with Crippen LogP contribution in [0.1, 0.15) is 33.6 Å². The zero-order valence-electron chi connectivity index (χ0n) is 12.0. The van der Waals surface area contributed by atoms with E-state index >= 15 is 0 Å². The molecule has 3 N–H and O–H groups in total. The predicted octanol–water partition coefficient (Wildman–Crippen LogP) is 0.377. The number of aliphatic hydroxyl groups is 3. The third kappa shape index (κ3) is 1.57. The molecule has 5 nitrogen and oxygen atoms in total. The van der Waals surface area contributed by atoms with Crippen LogP contribution in [0.4, 0.5) is 0 Å². The number of rotatable bonds is 0. The Bertz CT molecular complexity index is 481. The Labute approximate surface area is 118 Å².